The summed E-state index contributed by atoms with van der Waals surface area (Å²) in [5.74, 6) is -2.99. The molecule has 1 aromatic heterocycles. The number of Topliss-reactive ketones (excluding diaryl/α,β-unsaturated/α-hetero) is 1. The van der Waals surface area contributed by atoms with E-state index in [0.717, 1.165) is 6.92 Å². The van der Waals surface area contributed by atoms with Crippen LogP contribution >= 0.6 is 0 Å². The van der Waals surface area contributed by atoms with Gasteiger partial charge < -0.3 is 25.1 Å². The lowest BCUT2D eigenvalue weighted by molar-refractivity contribution is -0.114. The second-order valence-electron chi connectivity index (χ2n) is 5.47. The summed E-state index contributed by atoms with van der Waals surface area (Å²) in [6.45, 7) is 3.75. The molecular weight excluding hydrogens is 344 g/mol. The van der Waals surface area contributed by atoms with E-state index in [0.29, 0.717) is 0 Å². The number of anilines is 1. The molecule has 0 unspecified atom stereocenters. The number of aliphatic imine (C=N–C) groups is 1. The first kappa shape index (κ1) is 18.7. The first-order chi connectivity index (χ1) is 12.1. The van der Waals surface area contributed by atoms with Crippen LogP contribution in [0.2, 0.25) is 0 Å². The zero-order chi connectivity index (χ0) is 19.6. The van der Waals surface area contributed by atoms with Gasteiger partial charge in [-0.15, -0.1) is 0 Å². The lowest BCUT2D eigenvalue weighted by Gasteiger charge is -2.08. The van der Waals surface area contributed by atoms with E-state index in [1.165, 1.54) is 32.0 Å². The molecule has 9 heteroatoms. The van der Waals surface area contributed by atoms with Gasteiger partial charge in [0.05, 0.1) is 11.4 Å². The van der Waals surface area contributed by atoms with E-state index in [2.05, 4.69) is 14.7 Å². The van der Waals surface area contributed by atoms with Crippen molar-refractivity contribution >= 4 is 28.8 Å². The van der Waals surface area contributed by atoms with E-state index >= 15 is 0 Å². The highest BCUT2D eigenvalue weighted by molar-refractivity contribution is 6.07. The maximum absolute atomic E-state index is 12.0. The van der Waals surface area contributed by atoms with Gasteiger partial charge in [-0.3, -0.25) is 14.6 Å². The number of aromatic hydroxyl groups is 3. The van der Waals surface area contributed by atoms with Gasteiger partial charge in [-0.1, -0.05) is 0 Å². The van der Waals surface area contributed by atoms with Crippen molar-refractivity contribution in [2.24, 2.45) is 4.99 Å². The van der Waals surface area contributed by atoms with E-state index in [1.54, 1.807) is 0 Å². The summed E-state index contributed by atoms with van der Waals surface area (Å²) in [6.07, 6.45) is 0. The molecule has 0 atom stereocenters. The van der Waals surface area contributed by atoms with Gasteiger partial charge >= 0.3 is 5.63 Å². The molecule has 1 heterocycles. The molecule has 0 spiro atoms. The van der Waals surface area contributed by atoms with Gasteiger partial charge in [0.25, 0.3) is 5.95 Å². The van der Waals surface area contributed by atoms with Crippen LogP contribution < -0.4 is 10.9 Å². The highest BCUT2D eigenvalue weighted by Gasteiger charge is 2.24. The van der Waals surface area contributed by atoms with Crippen molar-refractivity contribution in [3.8, 4) is 17.4 Å². The van der Waals surface area contributed by atoms with Gasteiger partial charge in [-0.2, -0.15) is 0 Å². The molecule has 136 valence electrons. The molecule has 0 saturated carbocycles. The van der Waals surface area contributed by atoms with E-state index in [-0.39, 0.29) is 28.7 Å². The Morgan fingerprint density at radius 1 is 1.04 bits per heavy atom. The predicted octanol–water partition coefficient (Wildman–Crippen LogP) is 2.06. The number of phenols is 1. The summed E-state index contributed by atoms with van der Waals surface area (Å²) in [5, 5.41) is 31.9. The molecule has 26 heavy (non-hydrogen) atoms. The van der Waals surface area contributed by atoms with Crippen LogP contribution in [-0.4, -0.2) is 32.7 Å². The zero-order valence-electron chi connectivity index (χ0n) is 14.2. The number of amides is 1. The highest BCUT2D eigenvalue weighted by Crippen LogP contribution is 2.30. The first-order valence-corrected chi connectivity index (χ1v) is 7.37. The lowest BCUT2D eigenvalue weighted by atomic mass is 10.1. The Hall–Kier alpha value is -3.62. The molecule has 2 aromatic rings. The molecule has 0 bridgehead atoms. The van der Waals surface area contributed by atoms with Crippen LogP contribution in [0.25, 0.3) is 0 Å². The van der Waals surface area contributed by atoms with Gasteiger partial charge in [0.15, 0.2) is 5.78 Å². The van der Waals surface area contributed by atoms with E-state index < -0.39 is 34.2 Å². The minimum Gasteiger partial charge on any atom is -0.508 e. The third kappa shape index (κ3) is 3.89. The Morgan fingerprint density at radius 3 is 2.27 bits per heavy atom. The molecule has 0 fully saturated rings. The van der Waals surface area contributed by atoms with Crippen LogP contribution in [0.15, 0.2) is 32.4 Å². The number of ketones is 1. The third-order valence-corrected chi connectivity index (χ3v) is 3.31. The second-order valence-corrected chi connectivity index (χ2v) is 5.47. The first-order valence-electron chi connectivity index (χ1n) is 7.37. The molecule has 4 N–H and O–H groups in total. The van der Waals surface area contributed by atoms with Crippen LogP contribution in [0.5, 0.6) is 17.4 Å². The number of hydrogen-bond donors (Lipinski definition) is 4. The van der Waals surface area contributed by atoms with Crippen molar-refractivity contribution in [1.29, 1.82) is 0 Å². The Balaban J connectivity index is 2.59. The highest BCUT2D eigenvalue weighted by atomic mass is 16.5. The van der Waals surface area contributed by atoms with E-state index in [9.17, 15) is 29.7 Å². The van der Waals surface area contributed by atoms with Gasteiger partial charge in [-0.05, 0) is 19.9 Å². The monoisotopic (exact) mass is 360 g/mol. The third-order valence-electron chi connectivity index (χ3n) is 3.31. The largest absolute Gasteiger partial charge is 0.508 e. The molecule has 0 aliphatic rings. The summed E-state index contributed by atoms with van der Waals surface area (Å²) in [5.41, 5.74) is -1.62. The molecule has 0 radical (unpaired) electrons. The molecule has 0 saturated heterocycles. The fraction of sp³-hybridized carbons (Fsp3) is 0.176. The van der Waals surface area contributed by atoms with Gasteiger partial charge in [-0.25, -0.2) is 4.79 Å². The quantitative estimate of drug-likeness (QED) is 0.481. The molecule has 9 nitrogen and oxygen atoms in total. The number of hydrogen-bond acceptors (Lipinski definition) is 8. The number of nitrogens with one attached hydrogen (secondary N) is 1. The van der Waals surface area contributed by atoms with Crippen LogP contribution in [0.1, 0.15) is 36.7 Å². The zero-order valence-corrected chi connectivity index (χ0v) is 14.2. The average Bonchev–Trinajstić information content (AvgIpc) is 2.44. The summed E-state index contributed by atoms with van der Waals surface area (Å²) < 4.78 is 4.57. The fourth-order valence-corrected chi connectivity index (χ4v) is 2.33. The van der Waals surface area contributed by atoms with Gasteiger partial charge in [0, 0.05) is 24.7 Å². The van der Waals surface area contributed by atoms with Gasteiger partial charge in [0.2, 0.25) is 5.91 Å². The Kier molecular flexibility index (Phi) is 5.11. The minimum absolute atomic E-state index is 0.0295. The van der Waals surface area contributed by atoms with Crippen LogP contribution in [-0.2, 0) is 4.79 Å². The summed E-state index contributed by atoms with van der Waals surface area (Å²) in [4.78, 5) is 38.7. The van der Waals surface area contributed by atoms with E-state index in [1.807, 2.05) is 0 Å². The second kappa shape index (κ2) is 7.09. The number of carbonyl (C=O) groups excluding carboxylic acids is 2. The molecule has 1 amide bonds. The molecule has 2 rings (SSSR count). The minimum atomic E-state index is -1.09. The summed E-state index contributed by atoms with van der Waals surface area (Å²) in [6, 6.07) is 3.99. The Morgan fingerprint density at radius 2 is 1.69 bits per heavy atom. The molecular formula is C17H16N2O7. The number of rotatable bonds is 4. The lowest BCUT2D eigenvalue weighted by Crippen LogP contribution is -2.15. The number of carbonyl (C=O) groups is 2. The Labute approximate surface area is 147 Å². The van der Waals surface area contributed by atoms with Crippen LogP contribution in [0, 0.1) is 0 Å². The average molecular weight is 360 g/mol. The number of phenolic OH excluding ortho intramolecular Hbond substituents is 1. The van der Waals surface area contributed by atoms with Crippen molar-refractivity contribution in [1.82, 2.24) is 0 Å². The summed E-state index contributed by atoms with van der Waals surface area (Å²) in [7, 11) is 0. The summed E-state index contributed by atoms with van der Waals surface area (Å²) >= 11 is 0. The van der Waals surface area contributed by atoms with Crippen molar-refractivity contribution in [2.45, 2.75) is 20.8 Å². The number of benzene rings is 1. The molecule has 1 aromatic carbocycles. The van der Waals surface area contributed by atoms with Crippen molar-refractivity contribution in [3.63, 3.8) is 0 Å². The molecule has 0 aliphatic carbocycles. The van der Waals surface area contributed by atoms with Crippen LogP contribution in [0.4, 0.5) is 11.4 Å². The van der Waals surface area contributed by atoms with Crippen molar-refractivity contribution < 1.29 is 29.3 Å². The maximum atomic E-state index is 12.0. The molecule has 0 aliphatic heterocycles. The Bertz CT molecular complexity index is 989. The SMILES string of the molecule is CC(=O)Nc1cc(O)cc(N=C(C)c2c(O)c(C(C)=O)c(O)oc2=O)c1. The topological polar surface area (TPSA) is 149 Å². The van der Waals surface area contributed by atoms with Crippen molar-refractivity contribution in [2.75, 3.05) is 5.32 Å². The standard InChI is InChI=1S/C17H16N2O7/c1-7(13-15(23)14(8(2)20)17(25)26-16(13)24)18-10-4-11(19-9(3)21)6-12(22)5-10/h4-6,22-23,25H,1-3H3,(H,19,21). The van der Waals surface area contributed by atoms with Crippen LogP contribution in [0.3, 0.4) is 0 Å². The smallest absolute Gasteiger partial charge is 0.351 e. The maximum Gasteiger partial charge on any atom is 0.351 e. The fourth-order valence-electron chi connectivity index (χ4n) is 2.33. The van der Waals surface area contributed by atoms with E-state index in [4.69, 9.17) is 0 Å². The number of nitrogens with zero attached hydrogens (tertiary/aromatic N) is 1. The van der Waals surface area contributed by atoms with Gasteiger partial charge in [0.1, 0.15) is 22.6 Å². The predicted molar refractivity (Wildman–Crippen MR) is 92.6 cm³/mol. The normalized spacial score (nSPS) is 11.3. The van der Waals surface area contributed by atoms with Crippen molar-refractivity contribution in [3.05, 3.63) is 39.7 Å².